The van der Waals surface area contributed by atoms with E-state index in [4.69, 9.17) is 0 Å². The van der Waals surface area contributed by atoms with Gasteiger partial charge in [0.15, 0.2) is 0 Å². The van der Waals surface area contributed by atoms with Crippen LogP contribution in [-0.2, 0) is 11.2 Å². The third-order valence-corrected chi connectivity index (χ3v) is 4.31. The Kier molecular flexibility index (Phi) is 4.56. The van der Waals surface area contributed by atoms with E-state index in [0.29, 0.717) is 11.8 Å². The maximum Gasteiger partial charge on any atom is 0.224 e. The van der Waals surface area contributed by atoms with Gasteiger partial charge in [-0.1, -0.05) is 38.8 Å². The van der Waals surface area contributed by atoms with Crippen molar-refractivity contribution in [2.24, 2.45) is 11.8 Å². The number of benzene rings is 1. The van der Waals surface area contributed by atoms with E-state index in [1.165, 1.54) is 25.0 Å². The van der Waals surface area contributed by atoms with Crippen molar-refractivity contribution in [2.75, 3.05) is 0 Å². The largest absolute Gasteiger partial charge is 0.353 e. The first-order valence-electron chi connectivity index (χ1n) is 7.10. The molecule has 0 aliphatic heterocycles. The van der Waals surface area contributed by atoms with Gasteiger partial charge < -0.3 is 5.32 Å². The van der Waals surface area contributed by atoms with E-state index in [9.17, 15) is 9.18 Å². The molecule has 19 heavy (non-hydrogen) atoms. The summed E-state index contributed by atoms with van der Waals surface area (Å²) in [6.45, 7) is 4.45. The number of hydrogen-bond acceptors (Lipinski definition) is 1. The second-order valence-corrected chi connectivity index (χ2v) is 5.75. The van der Waals surface area contributed by atoms with Crippen molar-refractivity contribution in [3.63, 3.8) is 0 Å². The zero-order chi connectivity index (χ0) is 13.8. The highest BCUT2D eigenvalue weighted by Crippen LogP contribution is 2.29. The molecule has 1 aliphatic carbocycles. The van der Waals surface area contributed by atoms with Crippen LogP contribution in [0.1, 0.15) is 38.7 Å². The number of amides is 1. The molecular formula is C16H22FNO. The maximum absolute atomic E-state index is 13.1. The Labute approximate surface area is 114 Å². The molecule has 1 N–H and O–H groups in total. The third-order valence-electron chi connectivity index (χ3n) is 4.31. The van der Waals surface area contributed by atoms with Gasteiger partial charge >= 0.3 is 0 Å². The fourth-order valence-corrected chi connectivity index (χ4v) is 2.88. The molecule has 0 aromatic heterocycles. The van der Waals surface area contributed by atoms with Crippen LogP contribution in [0.5, 0.6) is 0 Å². The molecular weight excluding hydrogens is 241 g/mol. The average molecular weight is 263 g/mol. The molecule has 1 amide bonds. The van der Waals surface area contributed by atoms with Crippen LogP contribution in [0.2, 0.25) is 0 Å². The van der Waals surface area contributed by atoms with Crippen LogP contribution in [0, 0.1) is 17.7 Å². The number of nitrogens with one attached hydrogen (secondary N) is 1. The van der Waals surface area contributed by atoms with Gasteiger partial charge in [0.05, 0.1) is 6.42 Å². The second-order valence-electron chi connectivity index (χ2n) is 5.75. The van der Waals surface area contributed by atoms with Crippen LogP contribution in [0.25, 0.3) is 0 Å². The van der Waals surface area contributed by atoms with Gasteiger partial charge in [0, 0.05) is 6.04 Å². The Hall–Kier alpha value is -1.38. The zero-order valence-corrected chi connectivity index (χ0v) is 11.7. The Morgan fingerprint density at radius 2 is 2.16 bits per heavy atom. The lowest BCUT2D eigenvalue weighted by molar-refractivity contribution is -0.121. The summed E-state index contributed by atoms with van der Waals surface area (Å²) in [7, 11) is 0. The molecule has 0 bridgehead atoms. The number of rotatable bonds is 3. The summed E-state index contributed by atoms with van der Waals surface area (Å²) in [5.74, 6) is 0.889. The molecule has 0 radical (unpaired) electrons. The van der Waals surface area contributed by atoms with E-state index in [0.717, 1.165) is 12.0 Å². The highest BCUT2D eigenvalue weighted by molar-refractivity contribution is 5.78. The van der Waals surface area contributed by atoms with Crippen LogP contribution >= 0.6 is 0 Å². The zero-order valence-electron chi connectivity index (χ0n) is 11.7. The SMILES string of the molecule is CC1CCCC(NC(=O)Cc2cccc(F)c2)C1C. The summed E-state index contributed by atoms with van der Waals surface area (Å²) in [4.78, 5) is 12.0. The number of hydrogen-bond donors (Lipinski definition) is 1. The van der Waals surface area contributed by atoms with Gasteiger partial charge in [0.2, 0.25) is 5.91 Å². The molecule has 1 saturated carbocycles. The van der Waals surface area contributed by atoms with E-state index in [-0.39, 0.29) is 24.2 Å². The Morgan fingerprint density at radius 1 is 1.37 bits per heavy atom. The molecule has 0 heterocycles. The minimum Gasteiger partial charge on any atom is -0.353 e. The van der Waals surface area contributed by atoms with Crippen molar-refractivity contribution >= 4 is 5.91 Å². The molecule has 2 rings (SSSR count). The highest BCUT2D eigenvalue weighted by atomic mass is 19.1. The molecule has 3 atom stereocenters. The second kappa shape index (κ2) is 6.18. The standard InChI is InChI=1S/C16H22FNO/c1-11-5-3-8-15(12(11)2)18-16(19)10-13-6-4-7-14(17)9-13/h4,6-7,9,11-12,15H,3,5,8,10H2,1-2H3,(H,18,19). The molecule has 2 nitrogen and oxygen atoms in total. The number of carbonyl (C=O) groups is 1. The summed E-state index contributed by atoms with van der Waals surface area (Å²) in [6, 6.07) is 6.52. The molecule has 1 aromatic carbocycles. The lowest BCUT2D eigenvalue weighted by atomic mass is 9.78. The Bertz CT molecular complexity index is 446. The van der Waals surface area contributed by atoms with E-state index in [1.807, 2.05) is 0 Å². The van der Waals surface area contributed by atoms with Gasteiger partial charge in [-0.2, -0.15) is 0 Å². The van der Waals surface area contributed by atoms with E-state index in [2.05, 4.69) is 19.2 Å². The highest BCUT2D eigenvalue weighted by Gasteiger charge is 2.27. The van der Waals surface area contributed by atoms with Crippen molar-refractivity contribution in [1.29, 1.82) is 0 Å². The fourth-order valence-electron chi connectivity index (χ4n) is 2.88. The van der Waals surface area contributed by atoms with Gasteiger partial charge in [0.1, 0.15) is 5.82 Å². The summed E-state index contributed by atoms with van der Waals surface area (Å²) >= 11 is 0. The van der Waals surface area contributed by atoms with Gasteiger partial charge in [-0.15, -0.1) is 0 Å². The molecule has 1 aliphatic rings. The fraction of sp³-hybridized carbons (Fsp3) is 0.562. The van der Waals surface area contributed by atoms with Crippen LogP contribution in [-0.4, -0.2) is 11.9 Å². The minimum absolute atomic E-state index is 0.00319. The van der Waals surface area contributed by atoms with Gasteiger partial charge in [0.25, 0.3) is 0 Å². The van der Waals surface area contributed by atoms with Crippen LogP contribution in [0.3, 0.4) is 0 Å². The summed E-state index contributed by atoms with van der Waals surface area (Å²) in [5, 5.41) is 3.11. The van der Waals surface area contributed by atoms with Crippen molar-refractivity contribution in [3.8, 4) is 0 Å². The van der Waals surface area contributed by atoms with Crippen molar-refractivity contribution in [1.82, 2.24) is 5.32 Å². The first-order chi connectivity index (χ1) is 9.06. The molecule has 3 unspecified atom stereocenters. The summed E-state index contributed by atoms with van der Waals surface area (Å²) in [5.41, 5.74) is 0.731. The normalized spacial score (nSPS) is 27.0. The monoisotopic (exact) mass is 263 g/mol. The first kappa shape index (κ1) is 14.0. The van der Waals surface area contributed by atoms with Crippen molar-refractivity contribution in [2.45, 2.75) is 45.6 Å². The lowest BCUT2D eigenvalue weighted by Crippen LogP contribution is -2.44. The minimum atomic E-state index is -0.287. The quantitative estimate of drug-likeness (QED) is 0.890. The predicted molar refractivity (Wildman–Crippen MR) is 74.2 cm³/mol. The van der Waals surface area contributed by atoms with Crippen LogP contribution in [0.15, 0.2) is 24.3 Å². The summed E-state index contributed by atoms with van der Waals surface area (Å²) < 4.78 is 13.1. The predicted octanol–water partition coefficient (Wildman–Crippen LogP) is 3.31. The van der Waals surface area contributed by atoms with Gasteiger partial charge in [-0.25, -0.2) is 4.39 Å². The molecule has 0 spiro atoms. The maximum atomic E-state index is 13.1. The third kappa shape index (κ3) is 3.79. The van der Waals surface area contributed by atoms with E-state index >= 15 is 0 Å². The van der Waals surface area contributed by atoms with Crippen LogP contribution < -0.4 is 5.32 Å². The van der Waals surface area contributed by atoms with E-state index in [1.54, 1.807) is 12.1 Å². The summed E-state index contributed by atoms with van der Waals surface area (Å²) in [6.07, 6.45) is 3.74. The Morgan fingerprint density at radius 3 is 2.89 bits per heavy atom. The molecule has 1 fully saturated rings. The molecule has 3 heteroatoms. The molecule has 104 valence electrons. The smallest absolute Gasteiger partial charge is 0.224 e. The lowest BCUT2D eigenvalue weighted by Gasteiger charge is -2.34. The van der Waals surface area contributed by atoms with Gasteiger partial charge in [-0.3, -0.25) is 4.79 Å². The van der Waals surface area contributed by atoms with Crippen molar-refractivity contribution in [3.05, 3.63) is 35.6 Å². The van der Waals surface area contributed by atoms with E-state index < -0.39 is 0 Å². The van der Waals surface area contributed by atoms with Crippen LogP contribution in [0.4, 0.5) is 4.39 Å². The average Bonchev–Trinajstić information content (AvgIpc) is 2.35. The number of halogens is 1. The topological polar surface area (TPSA) is 29.1 Å². The first-order valence-corrected chi connectivity index (χ1v) is 7.10. The number of carbonyl (C=O) groups excluding carboxylic acids is 1. The van der Waals surface area contributed by atoms with Gasteiger partial charge in [-0.05, 0) is 36.0 Å². The Balaban J connectivity index is 1.90. The molecule has 0 saturated heterocycles. The molecule has 1 aromatic rings. The van der Waals surface area contributed by atoms with Crippen molar-refractivity contribution < 1.29 is 9.18 Å².